The molecule has 0 N–H and O–H groups in total. The molecule has 1 aliphatic heterocycles. The summed E-state index contributed by atoms with van der Waals surface area (Å²) in [5.74, 6) is 1.00. The van der Waals surface area contributed by atoms with Crippen LogP contribution in [0.2, 0.25) is 0 Å². The Kier molecular flexibility index (Phi) is 4.21. The fourth-order valence-electron chi connectivity index (χ4n) is 3.35. The second-order valence-corrected chi connectivity index (χ2v) is 6.56. The van der Waals surface area contributed by atoms with Gasteiger partial charge in [-0.15, -0.1) is 0 Å². The molecule has 1 amide bonds. The van der Waals surface area contributed by atoms with Crippen molar-refractivity contribution in [3.63, 3.8) is 0 Å². The number of nitrogens with zero attached hydrogens (tertiary/aromatic N) is 1. The van der Waals surface area contributed by atoms with Crippen molar-refractivity contribution in [2.75, 3.05) is 13.1 Å². The first-order valence-corrected chi connectivity index (χ1v) is 8.65. The number of carbonyl (C=O) groups is 1. The molecule has 5 heteroatoms. The van der Waals surface area contributed by atoms with Gasteiger partial charge in [0.1, 0.15) is 17.6 Å². The summed E-state index contributed by atoms with van der Waals surface area (Å²) in [6.45, 7) is 2.85. The topological polar surface area (TPSA) is 59.8 Å². The molecule has 132 valence electrons. The van der Waals surface area contributed by atoms with Crippen molar-refractivity contribution in [2.45, 2.75) is 19.4 Å². The minimum absolute atomic E-state index is 0.00519. The quantitative estimate of drug-likeness (QED) is 0.727. The van der Waals surface area contributed by atoms with Gasteiger partial charge in [0.05, 0.1) is 12.6 Å². The smallest absolute Gasteiger partial charge is 0.339 e. The van der Waals surface area contributed by atoms with Gasteiger partial charge in [-0.1, -0.05) is 30.3 Å². The summed E-state index contributed by atoms with van der Waals surface area (Å²) in [7, 11) is 0. The van der Waals surface area contributed by atoms with Crippen molar-refractivity contribution in [3.8, 4) is 5.75 Å². The third-order valence-corrected chi connectivity index (χ3v) is 4.60. The third kappa shape index (κ3) is 3.33. The molecule has 1 aromatic heterocycles. The van der Waals surface area contributed by atoms with Crippen LogP contribution in [0.1, 0.15) is 22.5 Å². The lowest BCUT2D eigenvalue weighted by Gasteiger charge is -2.17. The van der Waals surface area contributed by atoms with Crippen LogP contribution in [0.3, 0.4) is 0 Å². The van der Waals surface area contributed by atoms with Gasteiger partial charge in [-0.25, -0.2) is 4.79 Å². The average molecular weight is 349 g/mol. The number of ether oxygens (including phenoxy) is 1. The Morgan fingerprint density at radius 1 is 1.12 bits per heavy atom. The number of likely N-dealkylation sites (tertiary alicyclic amines) is 1. The van der Waals surface area contributed by atoms with Crippen molar-refractivity contribution in [1.29, 1.82) is 0 Å². The molecular weight excluding hydrogens is 330 g/mol. The third-order valence-electron chi connectivity index (χ3n) is 4.60. The number of amides is 1. The van der Waals surface area contributed by atoms with Crippen LogP contribution >= 0.6 is 0 Å². The van der Waals surface area contributed by atoms with Crippen LogP contribution in [-0.2, 0) is 0 Å². The van der Waals surface area contributed by atoms with E-state index >= 15 is 0 Å². The molecule has 0 spiro atoms. The highest BCUT2D eigenvalue weighted by Crippen LogP contribution is 2.22. The Morgan fingerprint density at radius 3 is 2.73 bits per heavy atom. The summed E-state index contributed by atoms with van der Waals surface area (Å²) >= 11 is 0. The first-order chi connectivity index (χ1) is 12.6. The lowest BCUT2D eigenvalue weighted by molar-refractivity contribution is 0.0772. The highest BCUT2D eigenvalue weighted by Gasteiger charge is 2.28. The first kappa shape index (κ1) is 16.4. The van der Waals surface area contributed by atoms with Gasteiger partial charge < -0.3 is 14.1 Å². The first-order valence-electron chi connectivity index (χ1n) is 8.65. The summed E-state index contributed by atoms with van der Waals surface area (Å²) in [5, 5.41) is 2.17. The summed E-state index contributed by atoms with van der Waals surface area (Å²) < 4.78 is 10.8. The highest BCUT2D eigenvalue weighted by atomic mass is 16.5. The maximum absolute atomic E-state index is 12.8. The Hall–Kier alpha value is -3.08. The number of rotatable bonds is 3. The Balaban J connectivity index is 1.47. The summed E-state index contributed by atoms with van der Waals surface area (Å²) in [6, 6.07) is 16.8. The van der Waals surface area contributed by atoms with Gasteiger partial charge in [0.2, 0.25) is 0 Å². The van der Waals surface area contributed by atoms with Crippen molar-refractivity contribution in [1.82, 2.24) is 4.90 Å². The van der Waals surface area contributed by atoms with Crippen molar-refractivity contribution in [3.05, 3.63) is 76.3 Å². The molecular formula is C21H19NO4. The van der Waals surface area contributed by atoms with Gasteiger partial charge in [-0.2, -0.15) is 0 Å². The summed E-state index contributed by atoms with van der Waals surface area (Å²) in [4.78, 5) is 26.0. The van der Waals surface area contributed by atoms with Crippen LogP contribution in [0, 0.1) is 6.92 Å². The van der Waals surface area contributed by atoms with Crippen LogP contribution < -0.4 is 10.4 Å². The van der Waals surface area contributed by atoms with E-state index in [1.54, 1.807) is 17.9 Å². The maximum Gasteiger partial charge on any atom is 0.339 e. The van der Waals surface area contributed by atoms with E-state index in [1.165, 1.54) is 6.07 Å². The lowest BCUT2D eigenvalue weighted by atomic mass is 10.1. The van der Waals surface area contributed by atoms with Crippen LogP contribution in [0.4, 0.5) is 0 Å². The molecule has 0 aliphatic carbocycles. The summed E-state index contributed by atoms with van der Waals surface area (Å²) in [6.07, 6.45) is 0.610. The van der Waals surface area contributed by atoms with E-state index < -0.39 is 5.63 Å². The highest BCUT2D eigenvalue weighted by molar-refractivity contribution is 5.98. The minimum Gasteiger partial charge on any atom is -0.488 e. The van der Waals surface area contributed by atoms with E-state index in [4.69, 9.17) is 9.15 Å². The molecule has 1 saturated heterocycles. The average Bonchev–Trinajstić information content (AvgIpc) is 3.08. The van der Waals surface area contributed by atoms with Gasteiger partial charge >= 0.3 is 5.63 Å². The molecule has 0 bridgehead atoms. The molecule has 0 radical (unpaired) electrons. The van der Waals surface area contributed by atoms with Gasteiger partial charge in [0.15, 0.2) is 0 Å². The number of fused-ring (bicyclic) bond motifs is 1. The zero-order valence-corrected chi connectivity index (χ0v) is 14.5. The largest absolute Gasteiger partial charge is 0.488 e. The molecule has 1 unspecified atom stereocenters. The van der Waals surface area contributed by atoms with Crippen LogP contribution in [0.15, 0.2) is 63.8 Å². The number of aryl methyl sites for hydroxylation is 1. The van der Waals surface area contributed by atoms with Crippen molar-refractivity contribution < 1.29 is 13.9 Å². The van der Waals surface area contributed by atoms with E-state index in [1.807, 2.05) is 42.5 Å². The van der Waals surface area contributed by atoms with E-state index in [-0.39, 0.29) is 12.0 Å². The molecule has 2 aromatic carbocycles. The van der Waals surface area contributed by atoms with Crippen LogP contribution in [0.25, 0.3) is 10.8 Å². The summed E-state index contributed by atoms with van der Waals surface area (Å²) in [5.41, 5.74) is 0.252. The SMILES string of the molecule is Cc1cc(OC2CCN(C(=O)c3ccc4ccccc4c3)C2)cc(=O)o1. The van der Waals surface area contributed by atoms with Crippen molar-refractivity contribution >= 4 is 16.7 Å². The van der Waals surface area contributed by atoms with E-state index in [0.29, 0.717) is 30.2 Å². The molecule has 26 heavy (non-hydrogen) atoms. The van der Waals surface area contributed by atoms with E-state index in [0.717, 1.165) is 17.2 Å². The van der Waals surface area contributed by atoms with Crippen LogP contribution in [-0.4, -0.2) is 30.0 Å². The second-order valence-electron chi connectivity index (χ2n) is 6.56. The maximum atomic E-state index is 12.8. The number of benzene rings is 2. The minimum atomic E-state index is -0.429. The number of carbonyl (C=O) groups excluding carboxylic acids is 1. The van der Waals surface area contributed by atoms with Gasteiger partial charge in [0.25, 0.3) is 5.91 Å². The Morgan fingerprint density at radius 2 is 1.92 bits per heavy atom. The fourth-order valence-corrected chi connectivity index (χ4v) is 3.35. The number of hydrogen-bond acceptors (Lipinski definition) is 4. The number of hydrogen-bond donors (Lipinski definition) is 0. The monoisotopic (exact) mass is 349 g/mol. The van der Waals surface area contributed by atoms with E-state index in [9.17, 15) is 9.59 Å². The Bertz CT molecular complexity index is 1020. The zero-order chi connectivity index (χ0) is 18.1. The molecule has 4 rings (SSSR count). The predicted octanol–water partition coefficient (Wildman–Crippen LogP) is 3.39. The lowest BCUT2D eigenvalue weighted by Crippen LogP contribution is -2.31. The van der Waals surface area contributed by atoms with Gasteiger partial charge in [0, 0.05) is 24.6 Å². The molecule has 0 saturated carbocycles. The van der Waals surface area contributed by atoms with E-state index in [2.05, 4.69) is 0 Å². The second kappa shape index (κ2) is 6.67. The fraction of sp³-hybridized carbons (Fsp3) is 0.238. The van der Waals surface area contributed by atoms with Crippen LogP contribution in [0.5, 0.6) is 5.75 Å². The molecule has 3 aromatic rings. The van der Waals surface area contributed by atoms with Crippen molar-refractivity contribution in [2.24, 2.45) is 0 Å². The van der Waals surface area contributed by atoms with Gasteiger partial charge in [-0.05, 0) is 29.8 Å². The Labute approximate surface area is 150 Å². The van der Waals surface area contributed by atoms with Gasteiger partial charge in [-0.3, -0.25) is 4.79 Å². The standard InChI is InChI=1S/C21H19NO4/c1-14-10-19(12-20(23)25-14)26-18-8-9-22(13-18)21(24)17-7-6-15-4-2-3-5-16(15)11-17/h2-7,10-12,18H,8-9,13H2,1H3. The normalized spacial score (nSPS) is 16.8. The predicted molar refractivity (Wildman–Crippen MR) is 98.6 cm³/mol. The molecule has 1 atom stereocenters. The molecule has 1 aliphatic rings. The molecule has 5 nitrogen and oxygen atoms in total. The molecule has 1 fully saturated rings. The molecule has 2 heterocycles. The zero-order valence-electron chi connectivity index (χ0n) is 14.5.